The van der Waals surface area contributed by atoms with Gasteiger partial charge in [-0.05, 0) is 49.9 Å². The van der Waals surface area contributed by atoms with Gasteiger partial charge in [-0.2, -0.15) is 0 Å². The number of hydrogen-bond donors (Lipinski definition) is 1. The monoisotopic (exact) mass is 429 g/mol. The Labute approximate surface area is 190 Å². The number of benzene rings is 3. The number of piperazine rings is 1. The van der Waals surface area contributed by atoms with Crippen molar-refractivity contribution in [3.63, 3.8) is 0 Å². The number of likely N-dealkylation sites (N-methyl/N-ethyl adjacent to an activating group) is 1. The Kier molecular flexibility index (Phi) is 7.20. The van der Waals surface area contributed by atoms with Crippen molar-refractivity contribution in [3.8, 4) is 11.5 Å². The highest BCUT2D eigenvalue weighted by atomic mass is 16.5. The van der Waals surface area contributed by atoms with Crippen molar-refractivity contribution in [2.24, 2.45) is 0 Å². The molecule has 1 heterocycles. The lowest BCUT2D eigenvalue weighted by molar-refractivity contribution is 0.0791. The average molecular weight is 430 g/mol. The van der Waals surface area contributed by atoms with E-state index in [1.54, 1.807) is 6.07 Å². The van der Waals surface area contributed by atoms with Gasteiger partial charge in [0, 0.05) is 37.8 Å². The first-order valence-corrected chi connectivity index (χ1v) is 11.2. The van der Waals surface area contributed by atoms with Crippen LogP contribution in [-0.4, -0.2) is 55.0 Å². The van der Waals surface area contributed by atoms with Crippen LogP contribution in [0.4, 0.5) is 0 Å². The van der Waals surface area contributed by atoms with E-state index in [4.69, 9.17) is 4.74 Å². The summed E-state index contributed by atoms with van der Waals surface area (Å²) in [5, 5.41) is 3.24. The molecule has 3 aromatic rings. The van der Waals surface area contributed by atoms with Crippen LogP contribution in [-0.2, 0) is 0 Å². The average Bonchev–Trinajstić information content (AvgIpc) is 2.82. The molecule has 0 bridgehead atoms. The molecule has 5 heteroatoms. The second-order valence-electron chi connectivity index (χ2n) is 8.40. The molecular formula is C27H31N3O2. The summed E-state index contributed by atoms with van der Waals surface area (Å²) in [5.74, 6) is 1.30. The van der Waals surface area contributed by atoms with E-state index >= 15 is 0 Å². The Morgan fingerprint density at radius 1 is 0.844 bits per heavy atom. The zero-order valence-corrected chi connectivity index (χ0v) is 18.8. The molecule has 3 aromatic carbocycles. The van der Waals surface area contributed by atoms with E-state index in [0.717, 1.165) is 31.9 Å². The van der Waals surface area contributed by atoms with Crippen molar-refractivity contribution in [1.82, 2.24) is 15.1 Å². The van der Waals surface area contributed by atoms with Crippen molar-refractivity contribution in [3.05, 3.63) is 96.1 Å². The number of hydrogen-bond acceptors (Lipinski definition) is 4. The molecular weight excluding hydrogens is 398 g/mol. The number of nitrogens with zero attached hydrogens (tertiary/aromatic N) is 2. The Hall–Kier alpha value is -3.15. The van der Waals surface area contributed by atoms with E-state index in [0.29, 0.717) is 11.3 Å². The van der Waals surface area contributed by atoms with Crippen LogP contribution in [0.3, 0.4) is 0 Å². The molecule has 0 saturated carbocycles. The SMILES string of the molecule is C[C@H](NC(=O)c1cccc(Oc2ccccc2)c1)[C@H](c1ccccc1)N1CCN(C)CC1. The van der Waals surface area contributed by atoms with E-state index in [-0.39, 0.29) is 18.0 Å². The van der Waals surface area contributed by atoms with Crippen LogP contribution in [0.25, 0.3) is 0 Å². The molecule has 166 valence electrons. The lowest BCUT2D eigenvalue weighted by Crippen LogP contribution is -2.51. The Morgan fingerprint density at radius 2 is 1.47 bits per heavy atom. The molecule has 1 aliphatic rings. The summed E-state index contributed by atoms with van der Waals surface area (Å²) in [4.78, 5) is 18.0. The second-order valence-corrected chi connectivity index (χ2v) is 8.40. The van der Waals surface area contributed by atoms with E-state index < -0.39 is 0 Å². The Bertz CT molecular complexity index is 1000. The summed E-state index contributed by atoms with van der Waals surface area (Å²) in [6.07, 6.45) is 0. The minimum Gasteiger partial charge on any atom is -0.457 e. The molecule has 0 aliphatic carbocycles. The zero-order valence-electron chi connectivity index (χ0n) is 18.8. The Morgan fingerprint density at radius 3 is 2.16 bits per heavy atom. The molecule has 5 nitrogen and oxygen atoms in total. The van der Waals surface area contributed by atoms with Crippen LogP contribution in [0.2, 0.25) is 0 Å². The summed E-state index contributed by atoms with van der Waals surface area (Å²) < 4.78 is 5.90. The molecule has 1 amide bonds. The normalized spacial score (nSPS) is 16.8. The van der Waals surface area contributed by atoms with E-state index in [2.05, 4.69) is 53.4 Å². The lowest BCUT2D eigenvalue weighted by atomic mass is 9.97. The fraction of sp³-hybridized carbons (Fsp3) is 0.296. The van der Waals surface area contributed by atoms with Crippen molar-refractivity contribution in [2.75, 3.05) is 33.2 Å². The number of para-hydroxylation sites is 1. The Balaban J connectivity index is 1.49. The maximum absolute atomic E-state index is 13.1. The minimum absolute atomic E-state index is 0.0491. The first-order chi connectivity index (χ1) is 15.6. The molecule has 0 spiro atoms. The van der Waals surface area contributed by atoms with Gasteiger partial charge < -0.3 is 15.0 Å². The number of amides is 1. The molecule has 32 heavy (non-hydrogen) atoms. The molecule has 2 atom stereocenters. The van der Waals surface area contributed by atoms with Gasteiger partial charge in [0.15, 0.2) is 0 Å². The van der Waals surface area contributed by atoms with Gasteiger partial charge in [0.1, 0.15) is 11.5 Å². The highest BCUT2D eigenvalue weighted by Crippen LogP contribution is 2.26. The van der Waals surface area contributed by atoms with Crippen LogP contribution in [0.1, 0.15) is 28.9 Å². The number of carbonyl (C=O) groups is 1. The first-order valence-electron chi connectivity index (χ1n) is 11.2. The number of ether oxygens (including phenoxy) is 1. The topological polar surface area (TPSA) is 44.8 Å². The molecule has 1 N–H and O–H groups in total. The van der Waals surface area contributed by atoms with Crippen molar-refractivity contribution < 1.29 is 9.53 Å². The largest absolute Gasteiger partial charge is 0.457 e. The number of rotatable bonds is 7. The number of carbonyl (C=O) groups excluding carboxylic acids is 1. The van der Waals surface area contributed by atoms with E-state index in [9.17, 15) is 4.79 Å². The third kappa shape index (κ3) is 5.55. The van der Waals surface area contributed by atoms with Gasteiger partial charge in [0.05, 0.1) is 6.04 Å². The number of nitrogens with one attached hydrogen (secondary N) is 1. The third-order valence-corrected chi connectivity index (χ3v) is 5.98. The van der Waals surface area contributed by atoms with Gasteiger partial charge in [0.25, 0.3) is 5.91 Å². The van der Waals surface area contributed by atoms with Crippen LogP contribution >= 0.6 is 0 Å². The maximum Gasteiger partial charge on any atom is 0.251 e. The molecule has 0 unspecified atom stereocenters. The predicted molar refractivity (Wildman–Crippen MR) is 128 cm³/mol. The maximum atomic E-state index is 13.1. The lowest BCUT2D eigenvalue weighted by Gasteiger charge is -2.41. The summed E-state index contributed by atoms with van der Waals surface area (Å²) in [6.45, 7) is 6.12. The van der Waals surface area contributed by atoms with Gasteiger partial charge in [-0.1, -0.05) is 54.6 Å². The first kappa shape index (κ1) is 22.1. The van der Waals surface area contributed by atoms with Crippen LogP contribution in [0, 0.1) is 0 Å². The van der Waals surface area contributed by atoms with Gasteiger partial charge in [-0.25, -0.2) is 0 Å². The van der Waals surface area contributed by atoms with Crippen molar-refractivity contribution in [2.45, 2.75) is 19.0 Å². The highest BCUT2D eigenvalue weighted by Gasteiger charge is 2.29. The van der Waals surface area contributed by atoms with E-state index in [1.807, 2.05) is 54.6 Å². The molecule has 0 radical (unpaired) electrons. The summed E-state index contributed by atoms with van der Waals surface area (Å²) in [6, 6.07) is 27.5. The van der Waals surface area contributed by atoms with Gasteiger partial charge in [-0.15, -0.1) is 0 Å². The van der Waals surface area contributed by atoms with Gasteiger partial charge in [-0.3, -0.25) is 9.69 Å². The summed E-state index contributed by atoms with van der Waals surface area (Å²) >= 11 is 0. The fourth-order valence-corrected chi connectivity index (χ4v) is 4.26. The van der Waals surface area contributed by atoms with E-state index in [1.165, 1.54) is 5.56 Å². The van der Waals surface area contributed by atoms with Crippen LogP contribution in [0.5, 0.6) is 11.5 Å². The standard InChI is InChI=1S/C27H31N3O2/c1-21(26(22-10-5-3-6-11-22)30-18-16-29(2)17-19-30)28-27(31)23-12-9-15-25(20-23)32-24-13-7-4-8-14-24/h3-15,20-21,26H,16-19H2,1-2H3,(H,28,31)/t21-,26+/m0/s1. The van der Waals surface area contributed by atoms with Crippen molar-refractivity contribution in [1.29, 1.82) is 0 Å². The quantitative estimate of drug-likeness (QED) is 0.597. The van der Waals surface area contributed by atoms with Crippen LogP contribution < -0.4 is 10.1 Å². The smallest absolute Gasteiger partial charge is 0.251 e. The predicted octanol–water partition coefficient (Wildman–Crippen LogP) is 4.59. The molecule has 4 rings (SSSR count). The van der Waals surface area contributed by atoms with Crippen molar-refractivity contribution >= 4 is 5.91 Å². The molecule has 1 saturated heterocycles. The van der Waals surface area contributed by atoms with Gasteiger partial charge in [0.2, 0.25) is 0 Å². The summed E-state index contributed by atoms with van der Waals surface area (Å²) in [5.41, 5.74) is 1.82. The minimum atomic E-state index is -0.0916. The molecule has 1 fully saturated rings. The zero-order chi connectivity index (χ0) is 22.3. The van der Waals surface area contributed by atoms with Crippen LogP contribution in [0.15, 0.2) is 84.9 Å². The molecule has 1 aliphatic heterocycles. The highest BCUT2D eigenvalue weighted by molar-refractivity contribution is 5.94. The second kappa shape index (κ2) is 10.4. The van der Waals surface area contributed by atoms with Gasteiger partial charge >= 0.3 is 0 Å². The summed E-state index contributed by atoms with van der Waals surface area (Å²) in [7, 11) is 2.16. The fourth-order valence-electron chi connectivity index (χ4n) is 4.26. The molecule has 0 aromatic heterocycles. The third-order valence-electron chi connectivity index (χ3n) is 5.98.